The SMILES string of the molecule is CNC(=O)/C=C1\CCc2c(OC)ccc3cccc1c23. The van der Waals surface area contributed by atoms with Crippen LogP contribution in [0, 0.1) is 0 Å². The van der Waals surface area contributed by atoms with Crippen molar-refractivity contribution in [2.24, 2.45) is 0 Å². The molecule has 0 saturated heterocycles. The van der Waals surface area contributed by atoms with Crippen LogP contribution in [-0.4, -0.2) is 20.1 Å². The summed E-state index contributed by atoms with van der Waals surface area (Å²) in [7, 11) is 3.36. The molecule has 0 radical (unpaired) electrons. The molecule has 0 bridgehead atoms. The standard InChI is InChI=1S/C17H17NO2/c1-18-16(19)10-12-6-8-14-15(20-2)9-7-11-4-3-5-13(12)17(11)14/h3-5,7,9-10H,6,8H2,1-2H3,(H,18,19)/b12-10+. The monoisotopic (exact) mass is 267 g/mol. The van der Waals surface area contributed by atoms with Crippen molar-refractivity contribution in [2.75, 3.05) is 14.2 Å². The van der Waals surface area contributed by atoms with Crippen LogP contribution in [0.1, 0.15) is 17.5 Å². The molecule has 3 nitrogen and oxygen atoms in total. The van der Waals surface area contributed by atoms with Crippen LogP contribution in [0.25, 0.3) is 16.3 Å². The third kappa shape index (κ3) is 1.95. The van der Waals surface area contributed by atoms with E-state index in [4.69, 9.17) is 4.74 Å². The van der Waals surface area contributed by atoms with Crippen LogP contribution in [0.15, 0.2) is 36.4 Å². The first-order valence-electron chi connectivity index (χ1n) is 6.76. The molecule has 3 rings (SSSR count). The largest absolute Gasteiger partial charge is 0.496 e. The van der Waals surface area contributed by atoms with Crippen LogP contribution in [0.4, 0.5) is 0 Å². The Balaban J connectivity index is 2.27. The molecule has 0 saturated carbocycles. The minimum atomic E-state index is -0.0525. The van der Waals surface area contributed by atoms with Gasteiger partial charge in [0.25, 0.3) is 0 Å². The van der Waals surface area contributed by atoms with Gasteiger partial charge in [0.15, 0.2) is 0 Å². The topological polar surface area (TPSA) is 38.3 Å². The molecule has 0 heterocycles. The predicted molar refractivity (Wildman–Crippen MR) is 80.9 cm³/mol. The molecule has 3 heteroatoms. The second-order valence-electron chi connectivity index (χ2n) is 4.93. The average Bonchev–Trinajstić information content (AvgIpc) is 2.50. The van der Waals surface area contributed by atoms with Gasteiger partial charge in [0.05, 0.1) is 7.11 Å². The number of hydrogen-bond acceptors (Lipinski definition) is 2. The van der Waals surface area contributed by atoms with E-state index < -0.39 is 0 Å². The molecule has 1 aliphatic rings. The highest BCUT2D eigenvalue weighted by atomic mass is 16.5. The molecule has 1 N–H and O–H groups in total. The van der Waals surface area contributed by atoms with E-state index in [2.05, 4.69) is 23.5 Å². The average molecular weight is 267 g/mol. The predicted octanol–water partition coefficient (Wildman–Crippen LogP) is 2.92. The highest BCUT2D eigenvalue weighted by molar-refractivity contribution is 6.04. The number of benzene rings is 2. The highest BCUT2D eigenvalue weighted by Gasteiger charge is 2.19. The number of rotatable bonds is 2. The fourth-order valence-electron chi connectivity index (χ4n) is 2.92. The Hall–Kier alpha value is -2.29. The molecule has 0 aromatic heterocycles. The fraction of sp³-hybridized carbons (Fsp3) is 0.235. The van der Waals surface area contributed by atoms with E-state index >= 15 is 0 Å². The van der Waals surface area contributed by atoms with Gasteiger partial charge in [0, 0.05) is 18.7 Å². The lowest BCUT2D eigenvalue weighted by Gasteiger charge is -2.22. The summed E-state index contributed by atoms with van der Waals surface area (Å²) >= 11 is 0. The Morgan fingerprint density at radius 3 is 2.85 bits per heavy atom. The van der Waals surface area contributed by atoms with Crippen LogP contribution < -0.4 is 10.1 Å². The number of hydrogen-bond donors (Lipinski definition) is 1. The second-order valence-corrected chi connectivity index (χ2v) is 4.93. The molecule has 0 unspecified atom stereocenters. The van der Waals surface area contributed by atoms with Crippen LogP contribution in [0.2, 0.25) is 0 Å². The Labute approximate surface area is 118 Å². The van der Waals surface area contributed by atoms with Gasteiger partial charge in [-0.1, -0.05) is 24.3 Å². The summed E-state index contributed by atoms with van der Waals surface area (Å²) in [5.41, 5.74) is 3.48. The third-order valence-corrected chi connectivity index (χ3v) is 3.87. The van der Waals surface area contributed by atoms with E-state index in [-0.39, 0.29) is 5.91 Å². The van der Waals surface area contributed by atoms with Crippen molar-refractivity contribution in [3.05, 3.63) is 47.5 Å². The van der Waals surface area contributed by atoms with Crippen molar-refractivity contribution in [3.63, 3.8) is 0 Å². The number of likely N-dealkylation sites (N-methyl/N-ethyl adjacent to an activating group) is 1. The number of allylic oxidation sites excluding steroid dienone is 1. The lowest BCUT2D eigenvalue weighted by Crippen LogP contribution is -2.15. The van der Waals surface area contributed by atoms with Crippen molar-refractivity contribution >= 4 is 22.3 Å². The summed E-state index contributed by atoms with van der Waals surface area (Å²) < 4.78 is 5.47. The first-order valence-corrected chi connectivity index (χ1v) is 6.76. The Morgan fingerprint density at radius 2 is 2.10 bits per heavy atom. The van der Waals surface area contributed by atoms with Gasteiger partial charge < -0.3 is 10.1 Å². The van der Waals surface area contributed by atoms with Gasteiger partial charge in [-0.05, 0) is 40.8 Å². The van der Waals surface area contributed by atoms with E-state index in [1.54, 1.807) is 20.2 Å². The zero-order valence-electron chi connectivity index (χ0n) is 11.7. The molecule has 20 heavy (non-hydrogen) atoms. The van der Waals surface area contributed by atoms with Gasteiger partial charge in [-0.2, -0.15) is 0 Å². The second kappa shape index (κ2) is 5.00. The fourth-order valence-corrected chi connectivity index (χ4v) is 2.92. The first kappa shape index (κ1) is 12.7. The molecular weight excluding hydrogens is 250 g/mol. The Bertz CT molecular complexity index is 716. The van der Waals surface area contributed by atoms with E-state index in [1.165, 1.54) is 16.3 Å². The van der Waals surface area contributed by atoms with E-state index in [9.17, 15) is 4.79 Å². The molecule has 102 valence electrons. The molecule has 0 atom stereocenters. The van der Waals surface area contributed by atoms with E-state index in [1.807, 2.05) is 12.1 Å². The van der Waals surface area contributed by atoms with Crippen molar-refractivity contribution in [1.82, 2.24) is 5.32 Å². The van der Waals surface area contributed by atoms with Crippen LogP contribution >= 0.6 is 0 Å². The van der Waals surface area contributed by atoms with Crippen LogP contribution in [-0.2, 0) is 11.2 Å². The molecular formula is C17H17NO2. The smallest absolute Gasteiger partial charge is 0.244 e. The number of aryl methyl sites for hydroxylation is 1. The Morgan fingerprint density at radius 1 is 1.25 bits per heavy atom. The summed E-state index contributed by atoms with van der Waals surface area (Å²) in [6, 6.07) is 10.3. The third-order valence-electron chi connectivity index (χ3n) is 3.87. The van der Waals surface area contributed by atoms with Gasteiger partial charge >= 0.3 is 0 Å². The van der Waals surface area contributed by atoms with E-state index in [0.29, 0.717) is 0 Å². The number of methoxy groups -OCH3 is 1. The van der Waals surface area contributed by atoms with Crippen LogP contribution in [0.3, 0.4) is 0 Å². The number of carbonyl (C=O) groups is 1. The molecule has 2 aromatic rings. The molecule has 0 spiro atoms. The van der Waals surface area contributed by atoms with Gasteiger partial charge in [-0.15, -0.1) is 0 Å². The lowest BCUT2D eigenvalue weighted by molar-refractivity contribution is -0.116. The lowest BCUT2D eigenvalue weighted by atomic mass is 9.84. The molecule has 1 aliphatic carbocycles. The molecule has 0 fully saturated rings. The zero-order valence-corrected chi connectivity index (χ0v) is 11.7. The maximum atomic E-state index is 11.6. The minimum Gasteiger partial charge on any atom is -0.496 e. The van der Waals surface area contributed by atoms with Gasteiger partial charge in [0.1, 0.15) is 5.75 Å². The van der Waals surface area contributed by atoms with Gasteiger partial charge in [-0.3, -0.25) is 4.79 Å². The number of carbonyl (C=O) groups excluding carboxylic acids is 1. The molecule has 2 aromatic carbocycles. The normalized spacial score (nSPS) is 15.4. The quantitative estimate of drug-likeness (QED) is 0.850. The van der Waals surface area contributed by atoms with Crippen molar-refractivity contribution in [3.8, 4) is 5.75 Å². The summed E-state index contributed by atoms with van der Waals surface area (Å²) in [5, 5.41) is 5.06. The summed E-state index contributed by atoms with van der Waals surface area (Å²) in [4.78, 5) is 11.6. The molecule has 1 amide bonds. The van der Waals surface area contributed by atoms with E-state index in [0.717, 1.165) is 29.7 Å². The van der Waals surface area contributed by atoms with Crippen molar-refractivity contribution in [2.45, 2.75) is 12.8 Å². The summed E-state index contributed by atoms with van der Waals surface area (Å²) in [6.45, 7) is 0. The van der Waals surface area contributed by atoms with Crippen molar-refractivity contribution in [1.29, 1.82) is 0 Å². The maximum Gasteiger partial charge on any atom is 0.244 e. The number of amides is 1. The zero-order chi connectivity index (χ0) is 14.1. The molecule has 0 aliphatic heterocycles. The van der Waals surface area contributed by atoms with Crippen LogP contribution in [0.5, 0.6) is 5.75 Å². The van der Waals surface area contributed by atoms with Crippen molar-refractivity contribution < 1.29 is 9.53 Å². The minimum absolute atomic E-state index is 0.0525. The Kier molecular flexibility index (Phi) is 3.18. The maximum absolute atomic E-state index is 11.6. The van der Waals surface area contributed by atoms with Gasteiger partial charge in [-0.25, -0.2) is 0 Å². The number of nitrogens with one attached hydrogen (secondary N) is 1. The summed E-state index contributed by atoms with van der Waals surface area (Å²) in [6.07, 6.45) is 3.47. The first-order chi connectivity index (χ1) is 9.74. The summed E-state index contributed by atoms with van der Waals surface area (Å²) in [5.74, 6) is 0.882. The van der Waals surface area contributed by atoms with Gasteiger partial charge in [0.2, 0.25) is 5.91 Å². The highest BCUT2D eigenvalue weighted by Crippen LogP contribution is 2.40. The number of ether oxygens (including phenoxy) is 1.